The van der Waals surface area contributed by atoms with Crippen molar-refractivity contribution in [2.45, 2.75) is 0 Å². The van der Waals surface area contributed by atoms with Crippen LogP contribution >= 0.6 is 15.9 Å². The Hall–Kier alpha value is -1.62. The molecule has 0 saturated carbocycles. The summed E-state index contributed by atoms with van der Waals surface area (Å²) in [6.45, 7) is -0.109. The molecule has 0 aliphatic rings. The van der Waals surface area contributed by atoms with Crippen molar-refractivity contribution in [2.24, 2.45) is 0 Å². The van der Waals surface area contributed by atoms with Crippen LogP contribution in [0.25, 0.3) is 10.9 Å². The van der Waals surface area contributed by atoms with Crippen LogP contribution in [-0.4, -0.2) is 24.7 Å². The number of halogens is 1. The minimum absolute atomic E-state index is 0.109. The summed E-state index contributed by atoms with van der Waals surface area (Å²) in [6.07, 6.45) is 1.64. The number of carbonyl (C=O) groups is 1. The highest BCUT2D eigenvalue weighted by Crippen LogP contribution is 2.26. The molecule has 0 aliphatic heterocycles. The second kappa shape index (κ2) is 5.14. The highest BCUT2D eigenvalue weighted by atomic mass is 79.9. The topological polar surface area (TPSA) is 48.4 Å². The summed E-state index contributed by atoms with van der Waals surface area (Å²) in [5.74, 6) is 0.201. The molecule has 2 rings (SSSR count). The van der Waals surface area contributed by atoms with E-state index in [0.717, 1.165) is 15.4 Å². The predicted octanol–water partition coefficient (Wildman–Crippen LogP) is 2.55. The molecule has 4 nitrogen and oxygen atoms in total. The number of hydrogen-bond donors (Lipinski definition) is 0. The van der Waals surface area contributed by atoms with E-state index in [4.69, 9.17) is 4.74 Å². The maximum absolute atomic E-state index is 11.0. The SMILES string of the molecule is COC(=O)COc1ccnc2ccc(Br)cc12. The van der Waals surface area contributed by atoms with Gasteiger partial charge >= 0.3 is 5.97 Å². The van der Waals surface area contributed by atoms with E-state index < -0.39 is 5.97 Å². The number of pyridine rings is 1. The summed E-state index contributed by atoms with van der Waals surface area (Å²) in [6, 6.07) is 7.40. The molecule has 0 spiro atoms. The fraction of sp³-hybridized carbons (Fsp3) is 0.167. The zero-order valence-corrected chi connectivity index (χ0v) is 10.7. The molecule has 0 amide bonds. The summed E-state index contributed by atoms with van der Waals surface area (Å²) in [4.78, 5) is 15.2. The first-order valence-electron chi connectivity index (χ1n) is 4.94. The van der Waals surface area contributed by atoms with Crippen LogP contribution in [-0.2, 0) is 9.53 Å². The molecule has 1 heterocycles. The molecule has 0 saturated heterocycles. The fourth-order valence-electron chi connectivity index (χ4n) is 1.41. The van der Waals surface area contributed by atoms with Crippen molar-refractivity contribution in [3.8, 4) is 5.75 Å². The minimum atomic E-state index is -0.412. The van der Waals surface area contributed by atoms with Crippen molar-refractivity contribution in [1.29, 1.82) is 0 Å². The van der Waals surface area contributed by atoms with Gasteiger partial charge < -0.3 is 9.47 Å². The van der Waals surface area contributed by atoms with Crippen molar-refractivity contribution < 1.29 is 14.3 Å². The summed E-state index contributed by atoms with van der Waals surface area (Å²) in [5, 5.41) is 0.853. The normalized spacial score (nSPS) is 10.2. The molecule has 2 aromatic rings. The second-order valence-electron chi connectivity index (χ2n) is 3.34. The number of esters is 1. The molecule has 0 aliphatic carbocycles. The van der Waals surface area contributed by atoms with Gasteiger partial charge in [0.05, 0.1) is 12.6 Å². The number of methoxy groups -OCH3 is 1. The van der Waals surface area contributed by atoms with Crippen LogP contribution in [0.15, 0.2) is 34.9 Å². The monoisotopic (exact) mass is 295 g/mol. The van der Waals surface area contributed by atoms with Crippen molar-refractivity contribution in [1.82, 2.24) is 4.98 Å². The van der Waals surface area contributed by atoms with E-state index >= 15 is 0 Å². The summed E-state index contributed by atoms with van der Waals surface area (Å²) in [7, 11) is 1.33. The van der Waals surface area contributed by atoms with Gasteiger partial charge in [0.15, 0.2) is 6.61 Å². The van der Waals surface area contributed by atoms with Crippen LogP contribution in [0, 0.1) is 0 Å². The molecule has 0 unspecified atom stereocenters. The van der Waals surface area contributed by atoms with E-state index in [9.17, 15) is 4.79 Å². The van der Waals surface area contributed by atoms with Crippen LogP contribution < -0.4 is 4.74 Å². The number of benzene rings is 1. The summed E-state index contributed by atoms with van der Waals surface area (Å²) < 4.78 is 10.8. The van der Waals surface area contributed by atoms with Gasteiger partial charge in [0, 0.05) is 16.1 Å². The maximum Gasteiger partial charge on any atom is 0.343 e. The third-order valence-electron chi connectivity index (χ3n) is 2.24. The van der Waals surface area contributed by atoms with Gasteiger partial charge in [-0.1, -0.05) is 15.9 Å². The highest BCUT2D eigenvalue weighted by Gasteiger charge is 2.06. The molecule has 17 heavy (non-hydrogen) atoms. The zero-order chi connectivity index (χ0) is 12.3. The fourth-order valence-corrected chi connectivity index (χ4v) is 1.78. The van der Waals surface area contributed by atoms with Crippen LogP contribution in [0.1, 0.15) is 0 Å². The first kappa shape index (κ1) is 11.9. The number of ether oxygens (including phenoxy) is 2. The lowest BCUT2D eigenvalue weighted by Gasteiger charge is -2.07. The van der Waals surface area contributed by atoms with Crippen LogP contribution in [0.5, 0.6) is 5.75 Å². The average Bonchev–Trinajstić information content (AvgIpc) is 2.35. The van der Waals surface area contributed by atoms with Crippen molar-refractivity contribution in [3.05, 3.63) is 34.9 Å². The van der Waals surface area contributed by atoms with E-state index in [1.54, 1.807) is 12.3 Å². The van der Waals surface area contributed by atoms with Crippen LogP contribution in [0.4, 0.5) is 0 Å². The largest absolute Gasteiger partial charge is 0.481 e. The number of carbonyl (C=O) groups excluding carboxylic acids is 1. The molecular weight excluding hydrogens is 286 g/mol. The third kappa shape index (κ3) is 2.74. The second-order valence-corrected chi connectivity index (χ2v) is 4.25. The standard InChI is InChI=1S/C12H10BrNO3/c1-16-12(15)7-17-11-4-5-14-10-3-2-8(13)6-9(10)11/h2-6H,7H2,1H3. The number of fused-ring (bicyclic) bond motifs is 1. The van der Waals surface area contributed by atoms with E-state index in [1.165, 1.54) is 7.11 Å². The van der Waals surface area contributed by atoms with E-state index in [0.29, 0.717) is 5.75 Å². The highest BCUT2D eigenvalue weighted by molar-refractivity contribution is 9.10. The van der Waals surface area contributed by atoms with Gasteiger partial charge in [-0.15, -0.1) is 0 Å². The summed E-state index contributed by atoms with van der Waals surface area (Å²) >= 11 is 3.39. The van der Waals surface area contributed by atoms with Crippen molar-refractivity contribution in [2.75, 3.05) is 13.7 Å². The van der Waals surface area contributed by atoms with Gasteiger partial charge in [-0.25, -0.2) is 4.79 Å². The Morgan fingerprint density at radius 3 is 3.00 bits per heavy atom. The predicted molar refractivity (Wildman–Crippen MR) is 67.0 cm³/mol. The Bertz CT molecular complexity index is 556. The molecule has 1 aromatic carbocycles. The Kier molecular flexibility index (Phi) is 3.58. The van der Waals surface area contributed by atoms with Crippen molar-refractivity contribution in [3.63, 3.8) is 0 Å². The van der Waals surface area contributed by atoms with E-state index in [1.807, 2.05) is 18.2 Å². The molecule has 0 radical (unpaired) electrons. The average molecular weight is 296 g/mol. The molecular formula is C12H10BrNO3. The Morgan fingerprint density at radius 1 is 1.41 bits per heavy atom. The first-order valence-corrected chi connectivity index (χ1v) is 5.74. The zero-order valence-electron chi connectivity index (χ0n) is 9.14. The number of rotatable bonds is 3. The van der Waals surface area contributed by atoms with Gasteiger partial charge in [0.25, 0.3) is 0 Å². The molecule has 0 N–H and O–H groups in total. The van der Waals surface area contributed by atoms with E-state index in [-0.39, 0.29) is 6.61 Å². The lowest BCUT2D eigenvalue weighted by molar-refractivity contribution is -0.142. The lowest BCUT2D eigenvalue weighted by atomic mass is 10.2. The molecule has 0 atom stereocenters. The smallest absolute Gasteiger partial charge is 0.343 e. The van der Waals surface area contributed by atoms with E-state index in [2.05, 4.69) is 25.7 Å². The Labute approximate surface area is 107 Å². The Morgan fingerprint density at radius 2 is 2.24 bits per heavy atom. The van der Waals surface area contributed by atoms with Crippen molar-refractivity contribution >= 4 is 32.8 Å². The first-order chi connectivity index (χ1) is 8.20. The Balaban J connectivity index is 2.33. The van der Waals surface area contributed by atoms with Gasteiger partial charge in [-0.05, 0) is 24.3 Å². The quantitative estimate of drug-likeness (QED) is 0.817. The van der Waals surface area contributed by atoms with Gasteiger partial charge in [0.2, 0.25) is 0 Å². The molecule has 88 valence electrons. The molecule has 5 heteroatoms. The van der Waals surface area contributed by atoms with Gasteiger partial charge in [-0.3, -0.25) is 4.98 Å². The van der Waals surface area contributed by atoms with Crippen LogP contribution in [0.3, 0.4) is 0 Å². The third-order valence-corrected chi connectivity index (χ3v) is 2.73. The van der Waals surface area contributed by atoms with Crippen LogP contribution in [0.2, 0.25) is 0 Å². The lowest BCUT2D eigenvalue weighted by Crippen LogP contribution is -2.12. The minimum Gasteiger partial charge on any atom is -0.481 e. The van der Waals surface area contributed by atoms with Gasteiger partial charge in [-0.2, -0.15) is 0 Å². The molecule has 1 aromatic heterocycles. The van der Waals surface area contributed by atoms with Gasteiger partial charge in [0.1, 0.15) is 5.75 Å². The number of nitrogens with zero attached hydrogens (tertiary/aromatic N) is 1. The number of hydrogen-bond acceptors (Lipinski definition) is 4. The number of aromatic nitrogens is 1. The maximum atomic E-state index is 11.0. The summed E-state index contributed by atoms with van der Waals surface area (Å²) in [5.41, 5.74) is 0.815. The molecule has 0 bridgehead atoms. The molecule has 0 fully saturated rings.